The number of hydrogen-bond acceptors (Lipinski definition) is 4. The van der Waals surface area contributed by atoms with Crippen molar-refractivity contribution in [1.29, 1.82) is 0 Å². The number of oxazole rings is 1. The molecular weight excluding hydrogens is 388 g/mol. The summed E-state index contributed by atoms with van der Waals surface area (Å²) in [5.74, 6) is 0.932. The van der Waals surface area contributed by atoms with Gasteiger partial charge in [0.1, 0.15) is 11.3 Å². The van der Waals surface area contributed by atoms with E-state index in [4.69, 9.17) is 20.8 Å². The number of nitrogens with one attached hydrogen (secondary N) is 1. The zero-order valence-electron chi connectivity index (χ0n) is 16.0. The van der Waals surface area contributed by atoms with Crippen LogP contribution in [0.25, 0.3) is 22.6 Å². The normalized spacial score (nSPS) is 10.9. The molecule has 0 atom stereocenters. The van der Waals surface area contributed by atoms with E-state index < -0.39 is 0 Å². The van der Waals surface area contributed by atoms with Crippen LogP contribution in [0.1, 0.15) is 22.8 Å². The number of hydrogen-bond donors (Lipinski definition) is 1. The molecule has 5 nitrogen and oxygen atoms in total. The first-order valence-electron chi connectivity index (χ1n) is 9.25. The van der Waals surface area contributed by atoms with E-state index in [1.165, 1.54) is 0 Å². The van der Waals surface area contributed by atoms with Crippen LogP contribution in [0.5, 0.6) is 5.75 Å². The highest BCUT2D eigenvalue weighted by atomic mass is 35.5. The standard InChI is InChI=1S/C23H19ClN2O3/c1-3-28-17-7-4-6-15(12-17)22(27)25-19-9-5-8-18(14(19)2)23-26-20-13-16(24)10-11-21(20)29-23/h4-13H,3H2,1-2H3,(H,25,27). The number of rotatable bonds is 5. The number of nitrogens with zero attached hydrogens (tertiary/aromatic N) is 1. The molecule has 0 aliphatic rings. The van der Waals surface area contributed by atoms with E-state index in [0.717, 1.165) is 11.1 Å². The van der Waals surface area contributed by atoms with Gasteiger partial charge in [0.15, 0.2) is 5.58 Å². The van der Waals surface area contributed by atoms with Gasteiger partial charge < -0.3 is 14.5 Å². The van der Waals surface area contributed by atoms with E-state index in [1.54, 1.807) is 36.4 Å². The molecule has 1 amide bonds. The fraction of sp³-hybridized carbons (Fsp3) is 0.130. The summed E-state index contributed by atoms with van der Waals surface area (Å²) in [6, 6.07) is 18.0. The van der Waals surface area contributed by atoms with Gasteiger partial charge in [-0.15, -0.1) is 0 Å². The van der Waals surface area contributed by atoms with E-state index >= 15 is 0 Å². The molecule has 0 saturated carbocycles. The summed E-state index contributed by atoms with van der Waals surface area (Å²) in [6.07, 6.45) is 0. The molecule has 0 aliphatic carbocycles. The molecule has 1 heterocycles. The van der Waals surface area contributed by atoms with Crippen LogP contribution in [0.15, 0.2) is 65.1 Å². The van der Waals surface area contributed by atoms with Crippen molar-refractivity contribution in [2.75, 3.05) is 11.9 Å². The van der Waals surface area contributed by atoms with Gasteiger partial charge >= 0.3 is 0 Å². The monoisotopic (exact) mass is 406 g/mol. The third kappa shape index (κ3) is 3.96. The molecule has 4 rings (SSSR count). The molecule has 6 heteroatoms. The predicted molar refractivity (Wildman–Crippen MR) is 115 cm³/mol. The fourth-order valence-corrected chi connectivity index (χ4v) is 3.27. The Morgan fingerprint density at radius 3 is 2.79 bits per heavy atom. The minimum Gasteiger partial charge on any atom is -0.494 e. The van der Waals surface area contributed by atoms with Gasteiger partial charge in [-0.1, -0.05) is 23.7 Å². The van der Waals surface area contributed by atoms with Crippen molar-refractivity contribution in [1.82, 2.24) is 4.98 Å². The second-order valence-corrected chi connectivity index (χ2v) is 6.96. The summed E-state index contributed by atoms with van der Waals surface area (Å²) < 4.78 is 11.4. The van der Waals surface area contributed by atoms with E-state index in [9.17, 15) is 4.79 Å². The smallest absolute Gasteiger partial charge is 0.255 e. The molecule has 29 heavy (non-hydrogen) atoms. The van der Waals surface area contributed by atoms with Crippen molar-refractivity contribution in [3.05, 3.63) is 76.8 Å². The zero-order chi connectivity index (χ0) is 20.4. The van der Waals surface area contributed by atoms with E-state index in [1.807, 2.05) is 38.1 Å². The van der Waals surface area contributed by atoms with Crippen molar-refractivity contribution in [3.8, 4) is 17.2 Å². The van der Waals surface area contributed by atoms with Crippen LogP contribution in [-0.4, -0.2) is 17.5 Å². The molecular formula is C23H19ClN2O3. The van der Waals surface area contributed by atoms with Gasteiger partial charge in [0.2, 0.25) is 5.89 Å². The molecule has 0 unspecified atom stereocenters. The number of benzene rings is 3. The van der Waals surface area contributed by atoms with Gasteiger partial charge in [-0.25, -0.2) is 4.98 Å². The van der Waals surface area contributed by atoms with Gasteiger partial charge in [0.25, 0.3) is 5.91 Å². The van der Waals surface area contributed by atoms with Crippen LogP contribution in [0, 0.1) is 6.92 Å². The molecule has 0 fully saturated rings. The first kappa shape index (κ1) is 19.0. The Morgan fingerprint density at radius 1 is 1.14 bits per heavy atom. The lowest BCUT2D eigenvalue weighted by molar-refractivity contribution is 0.102. The highest BCUT2D eigenvalue weighted by molar-refractivity contribution is 6.31. The van der Waals surface area contributed by atoms with Gasteiger partial charge in [-0.3, -0.25) is 4.79 Å². The van der Waals surface area contributed by atoms with E-state index in [0.29, 0.717) is 45.6 Å². The van der Waals surface area contributed by atoms with Crippen LogP contribution in [0.3, 0.4) is 0 Å². The molecule has 1 aromatic heterocycles. The Morgan fingerprint density at radius 2 is 1.97 bits per heavy atom. The number of anilines is 1. The summed E-state index contributed by atoms with van der Waals surface area (Å²) >= 11 is 6.04. The van der Waals surface area contributed by atoms with Crippen LogP contribution in [0.4, 0.5) is 5.69 Å². The Labute approximate surface area is 173 Å². The first-order chi connectivity index (χ1) is 14.0. The molecule has 0 spiro atoms. The van der Waals surface area contributed by atoms with Crippen LogP contribution >= 0.6 is 11.6 Å². The molecule has 0 saturated heterocycles. The average molecular weight is 407 g/mol. The molecule has 146 valence electrons. The predicted octanol–water partition coefficient (Wildman–Crippen LogP) is 6.11. The third-order valence-electron chi connectivity index (χ3n) is 4.57. The van der Waals surface area contributed by atoms with Crippen molar-refractivity contribution in [2.45, 2.75) is 13.8 Å². The fourth-order valence-electron chi connectivity index (χ4n) is 3.11. The summed E-state index contributed by atoms with van der Waals surface area (Å²) in [6.45, 7) is 4.37. The van der Waals surface area contributed by atoms with Crippen molar-refractivity contribution >= 4 is 34.3 Å². The molecule has 0 bridgehead atoms. The summed E-state index contributed by atoms with van der Waals surface area (Å²) in [5.41, 5.74) is 4.23. The number of fused-ring (bicyclic) bond motifs is 1. The average Bonchev–Trinajstić information content (AvgIpc) is 3.13. The third-order valence-corrected chi connectivity index (χ3v) is 4.80. The molecule has 0 aliphatic heterocycles. The van der Waals surface area contributed by atoms with Crippen molar-refractivity contribution in [3.63, 3.8) is 0 Å². The largest absolute Gasteiger partial charge is 0.494 e. The summed E-state index contributed by atoms with van der Waals surface area (Å²) in [4.78, 5) is 17.3. The van der Waals surface area contributed by atoms with Crippen molar-refractivity contribution < 1.29 is 13.9 Å². The lowest BCUT2D eigenvalue weighted by Gasteiger charge is -2.11. The number of ether oxygens (including phenoxy) is 1. The SMILES string of the molecule is CCOc1cccc(C(=O)Nc2cccc(-c3nc4cc(Cl)ccc4o3)c2C)c1. The lowest BCUT2D eigenvalue weighted by Crippen LogP contribution is -2.13. The maximum atomic E-state index is 12.7. The van der Waals surface area contributed by atoms with Crippen molar-refractivity contribution in [2.24, 2.45) is 0 Å². The molecule has 3 aromatic carbocycles. The van der Waals surface area contributed by atoms with Crippen LogP contribution in [0.2, 0.25) is 5.02 Å². The second kappa shape index (κ2) is 7.97. The van der Waals surface area contributed by atoms with Gasteiger partial charge in [0, 0.05) is 21.8 Å². The number of halogens is 1. The highest BCUT2D eigenvalue weighted by Gasteiger charge is 2.15. The Kier molecular flexibility index (Phi) is 5.23. The van der Waals surface area contributed by atoms with Gasteiger partial charge in [-0.2, -0.15) is 0 Å². The van der Waals surface area contributed by atoms with E-state index in [-0.39, 0.29) is 5.91 Å². The zero-order valence-corrected chi connectivity index (χ0v) is 16.8. The highest BCUT2D eigenvalue weighted by Crippen LogP contribution is 2.31. The molecule has 4 aromatic rings. The quantitative estimate of drug-likeness (QED) is 0.434. The van der Waals surface area contributed by atoms with E-state index in [2.05, 4.69) is 10.3 Å². The molecule has 0 radical (unpaired) electrons. The Hall–Kier alpha value is -3.31. The van der Waals surface area contributed by atoms with Gasteiger partial charge in [-0.05, 0) is 67.9 Å². The van der Waals surface area contributed by atoms with Crippen LogP contribution in [-0.2, 0) is 0 Å². The summed E-state index contributed by atoms with van der Waals surface area (Å²) in [7, 11) is 0. The minimum atomic E-state index is -0.212. The number of carbonyl (C=O) groups excluding carboxylic acids is 1. The topological polar surface area (TPSA) is 64.4 Å². The number of carbonyl (C=O) groups is 1. The Balaban J connectivity index is 1.64. The summed E-state index contributed by atoms with van der Waals surface area (Å²) in [5, 5.41) is 3.57. The Bertz CT molecular complexity index is 1200. The van der Waals surface area contributed by atoms with Crippen LogP contribution < -0.4 is 10.1 Å². The number of amides is 1. The first-order valence-corrected chi connectivity index (χ1v) is 9.63. The lowest BCUT2D eigenvalue weighted by atomic mass is 10.1. The minimum absolute atomic E-state index is 0.212. The number of aromatic nitrogens is 1. The maximum absolute atomic E-state index is 12.7. The maximum Gasteiger partial charge on any atom is 0.255 e. The second-order valence-electron chi connectivity index (χ2n) is 6.52. The molecule has 1 N–H and O–H groups in total. The van der Waals surface area contributed by atoms with Gasteiger partial charge in [0.05, 0.1) is 6.61 Å².